The van der Waals surface area contributed by atoms with E-state index >= 15 is 0 Å². The molecule has 0 saturated heterocycles. The van der Waals surface area contributed by atoms with Gasteiger partial charge in [-0.1, -0.05) is 35.3 Å². The highest BCUT2D eigenvalue weighted by atomic mass is 35.5. The van der Waals surface area contributed by atoms with Gasteiger partial charge >= 0.3 is 0 Å². The zero-order valence-electron chi connectivity index (χ0n) is 11.6. The average molecular weight is 336 g/mol. The van der Waals surface area contributed by atoms with E-state index in [0.717, 1.165) is 10.5 Å². The van der Waals surface area contributed by atoms with Crippen LogP contribution >= 0.6 is 23.2 Å². The van der Waals surface area contributed by atoms with E-state index < -0.39 is 11.8 Å². The third-order valence-electron chi connectivity index (χ3n) is 3.43. The normalized spacial score (nSPS) is 13.7. The molecule has 22 heavy (non-hydrogen) atoms. The van der Waals surface area contributed by atoms with Gasteiger partial charge in [-0.3, -0.25) is 9.59 Å². The lowest BCUT2D eigenvalue weighted by Crippen LogP contribution is -2.29. The first kappa shape index (κ1) is 15.0. The Kier molecular flexibility index (Phi) is 3.91. The number of imide groups is 1. The number of benzene rings is 2. The predicted octanol–water partition coefficient (Wildman–Crippen LogP) is 3.94. The van der Waals surface area contributed by atoms with Gasteiger partial charge in [0.1, 0.15) is 0 Å². The van der Waals surface area contributed by atoms with Crippen LogP contribution < -0.4 is 4.90 Å². The topological polar surface area (TPSA) is 46.6 Å². The fraction of sp³-hybridized carbons (Fsp3) is 0.125. The number of methoxy groups -OCH3 is 1. The molecule has 0 spiro atoms. The fourth-order valence-electron chi connectivity index (χ4n) is 2.38. The van der Waals surface area contributed by atoms with Crippen molar-refractivity contribution >= 4 is 40.7 Å². The van der Waals surface area contributed by atoms with E-state index in [9.17, 15) is 9.59 Å². The molecule has 2 aromatic carbocycles. The first-order valence-electron chi connectivity index (χ1n) is 6.48. The Morgan fingerprint density at radius 1 is 0.955 bits per heavy atom. The molecule has 0 aromatic heterocycles. The summed E-state index contributed by atoms with van der Waals surface area (Å²) in [6.45, 7) is 0.466. The molecule has 0 unspecified atom stereocenters. The van der Waals surface area contributed by atoms with Gasteiger partial charge in [-0.05, 0) is 29.8 Å². The standard InChI is InChI=1S/C16H11Cl2NO3/c1-22-8-9-2-4-10(5-3-9)19-15(20)11-6-13(17)14(18)7-12(11)16(19)21/h2-7H,8H2,1H3. The van der Waals surface area contributed by atoms with Gasteiger partial charge in [0.05, 0.1) is 33.5 Å². The number of carbonyl (C=O) groups is 2. The van der Waals surface area contributed by atoms with Crippen molar-refractivity contribution < 1.29 is 14.3 Å². The Bertz CT molecular complexity index is 731. The number of nitrogens with zero attached hydrogens (tertiary/aromatic N) is 1. The van der Waals surface area contributed by atoms with Gasteiger partial charge in [0, 0.05) is 7.11 Å². The van der Waals surface area contributed by atoms with Gasteiger partial charge in [0.15, 0.2) is 0 Å². The zero-order chi connectivity index (χ0) is 15.9. The SMILES string of the molecule is COCc1ccc(N2C(=O)c3cc(Cl)c(Cl)cc3C2=O)cc1. The highest BCUT2D eigenvalue weighted by Crippen LogP contribution is 2.33. The Morgan fingerprint density at radius 2 is 1.45 bits per heavy atom. The van der Waals surface area contributed by atoms with Crippen molar-refractivity contribution in [2.24, 2.45) is 0 Å². The van der Waals surface area contributed by atoms with Crippen molar-refractivity contribution in [3.05, 3.63) is 63.1 Å². The Hall–Kier alpha value is -1.88. The predicted molar refractivity (Wildman–Crippen MR) is 84.8 cm³/mol. The van der Waals surface area contributed by atoms with Crippen molar-refractivity contribution in [1.82, 2.24) is 0 Å². The van der Waals surface area contributed by atoms with Crippen molar-refractivity contribution in [1.29, 1.82) is 0 Å². The molecule has 6 heteroatoms. The molecular formula is C16H11Cl2NO3. The van der Waals surface area contributed by atoms with Gasteiger partial charge in [-0.25, -0.2) is 4.90 Å². The van der Waals surface area contributed by atoms with E-state index in [1.165, 1.54) is 12.1 Å². The van der Waals surface area contributed by atoms with Crippen LogP contribution in [0.15, 0.2) is 36.4 Å². The second kappa shape index (κ2) is 5.72. The van der Waals surface area contributed by atoms with Gasteiger partial charge in [-0.15, -0.1) is 0 Å². The van der Waals surface area contributed by atoms with Gasteiger partial charge < -0.3 is 4.74 Å². The molecule has 2 aromatic rings. The molecule has 0 atom stereocenters. The first-order chi connectivity index (χ1) is 10.5. The molecule has 0 bridgehead atoms. The van der Waals surface area contributed by atoms with Crippen molar-refractivity contribution in [3.8, 4) is 0 Å². The van der Waals surface area contributed by atoms with Crippen LogP contribution in [-0.4, -0.2) is 18.9 Å². The van der Waals surface area contributed by atoms with E-state index in [2.05, 4.69) is 0 Å². The largest absolute Gasteiger partial charge is 0.380 e. The molecule has 1 aliphatic heterocycles. The van der Waals surface area contributed by atoms with Crippen LogP contribution in [0, 0.1) is 0 Å². The summed E-state index contributed by atoms with van der Waals surface area (Å²) in [6, 6.07) is 9.89. The maximum atomic E-state index is 12.5. The summed E-state index contributed by atoms with van der Waals surface area (Å²) in [5.41, 5.74) is 1.98. The zero-order valence-corrected chi connectivity index (χ0v) is 13.1. The van der Waals surface area contributed by atoms with E-state index in [-0.39, 0.29) is 21.2 Å². The number of ether oxygens (including phenoxy) is 1. The fourth-order valence-corrected chi connectivity index (χ4v) is 2.70. The van der Waals surface area contributed by atoms with Crippen molar-refractivity contribution in [3.63, 3.8) is 0 Å². The molecule has 1 heterocycles. The smallest absolute Gasteiger partial charge is 0.266 e. The molecule has 0 aliphatic carbocycles. The minimum atomic E-state index is -0.405. The molecule has 0 N–H and O–H groups in total. The Morgan fingerprint density at radius 3 is 1.91 bits per heavy atom. The van der Waals surface area contributed by atoms with Crippen molar-refractivity contribution in [2.45, 2.75) is 6.61 Å². The number of anilines is 1. The number of fused-ring (bicyclic) bond motifs is 1. The number of hydrogen-bond acceptors (Lipinski definition) is 3. The molecule has 112 valence electrons. The summed E-state index contributed by atoms with van der Waals surface area (Å²) in [4.78, 5) is 26.0. The van der Waals surface area contributed by atoms with Crippen LogP contribution in [-0.2, 0) is 11.3 Å². The average Bonchev–Trinajstić information content (AvgIpc) is 2.73. The van der Waals surface area contributed by atoms with E-state index in [1.807, 2.05) is 12.1 Å². The van der Waals surface area contributed by atoms with E-state index in [0.29, 0.717) is 12.3 Å². The van der Waals surface area contributed by atoms with Crippen LogP contribution in [0.3, 0.4) is 0 Å². The lowest BCUT2D eigenvalue weighted by Gasteiger charge is -2.14. The number of rotatable bonds is 3. The highest BCUT2D eigenvalue weighted by molar-refractivity contribution is 6.44. The number of hydrogen-bond donors (Lipinski definition) is 0. The molecule has 4 nitrogen and oxygen atoms in total. The maximum absolute atomic E-state index is 12.5. The van der Waals surface area contributed by atoms with Crippen LogP contribution in [0.4, 0.5) is 5.69 Å². The molecule has 0 saturated carbocycles. The number of carbonyl (C=O) groups excluding carboxylic acids is 2. The first-order valence-corrected chi connectivity index (χ1v) is 7.24. The lowest BCUT2D eigenvalue weighted by molar-refractivity contribution is 0.0926. The van der Waals surface area contributed by atoms with Crippen LogP contribution in [0.25, 0.3) is 0 Å². The van der Waals surface area contributed by atoms with Gasteiger partial charge in [-0.2, -0.15) is 0 Å². The quantitative estimate of drug-likeness (QED) is 0.798. The number of amides is 2. The van der Waals surface area contributed by atoms with Gasteiger partial charge in [0.2, 0.25) is 0 Å². The molecule has 2 amide bonds. The summed E-state index contributed by atoms with van der Waals surface area (Å²) in [5, 5.41) is 0.498. The van der Waals surface area contributed by atoms with Crippen LogP contribution in [0.2, 0.25) is 10.0 Å². The number of halogens is 2. The maximum Gasteiger partial charge on any atom is 0.266 e. The third-order valence-corrected chi connectivity index (χ3v) is 4.16. The molecule has 1 aliphatic rings. The van der Waals surface area contributed by atoms with E-state index in [4.69, 9.17) is 27.9 Å². The van der Waals surface area contributed by atoms with Crippen molar-refractivity contribution in [2.75, 3.05) is 12.0 Å². The van der Waals surface area contributed by atoms with Crippen LogP contribution in [0.1, 0.15) is 26.3 Å². The summed E-state index contributed by atoms with van der Waals surface area (Å²) < 4.78 is 5.04. The van der Waals surface area contributed by atoms with Gasteiger partial charge in [0.25, 0.3) is 11.8 Å². The second-order valence-corrected chi connectivity index (χ2v) is 5.67. The van der Waals surface area contributed by atoms with Crippen LogP contribution in [0.5, 0.6) is 0 Å². The second-order valence-electron chi connectivity index (χ2n) is 4.86. The summed E-state index contributed by atoms with van der Waals surface area (Å²) in [5.74, 6) is -0.809. The summed E-state index contributed by atoms with van der Waals surface area (Å²) in [7, 11) is 1.60. The summed E-state index contributed by atoms with van der Waals surface area (Å²) in [6.07, 6.45) is 0. The monoisotopic (exact) mass is 335 g/mol. The molecular weight excluding hydrogens is 325 g/mol. The molecule has 0 radical (unpaired) electrons. The Balaban J connectivity index is 2.00. The minimum Gasteiger partial charge on any atom is -0.380 e. The highest BCUT2D eigenvalue weighted by Gasteiger charge is 2.37. The summed E-state index contributed by atoms with van der Waals surface area (Å²) >= 11 is 11.9. The minimum absolute atomic E-state index is 0.249. The molecule has 3 rings (SSSR count). The Labute approximate surface area is 137 Å². The molecule has 0 fully saturated rings. The third kappa shape index (κ3) is 2.39. The van der Waals surface area contributed by atoms with E-state index in [1.54, 1.807) is 19.2 Å². The lowest BCUT2D eigenvalue weighted by atomic mass is 10.1.